The average molecular weight is 488 g/mol. The van der Waals surface area contributed by atoms with Crippen LogP contribution in [0.1, 0.15) is 35.2 Å². The fourth-order valence-electron chi connectivity index (χ4n) is 4.51. The third kappa shape index (κ3) is 4.16. The van der Waals surface area contributed by atoms with E-state index in [1.54, 1.807) is 12.3 Å². The van der Waals surface area contributed by atoms with Crippen molar-refractivity contribution in [3.05, 3.63) is 56.9 Å². The van der Waals surface area contributed by atoms with Crippen LogP contribution >= 0.6 is 11.3 Å². The minimum absolute atomic E-state index is 0.102. The quantitative estimate of drug-likeness (QED) is 0.445. The molecule has 1 aliphatic heterocycles. The lowest BCUT2D eigenvalue weighted by Gasteiger charge is -2.17. The Morgan fingerprint density at radius 3 is 2.85 bits per heavy atom. The Labute approximate surface area is 195 Å². The molecule has 0 aliphatic carbocycles. The summed E-state index contributed by atoms with van der Waals surface area (Å²) < 4.78 is 31.1. The zero-order valence-corrected chi connectivity index (χ0v) is 20.3. The van der Waals surface area contributed by atoms with E-state index in [0.29, 0.717) is 41.3 Å². The van der Waals surface area contributed by atoms with Gasteiger partial charge in [-0.1, -0.05) is 0 Å². The van der Waals surface area contributed by atoms with Gasteiger partial charge in [0, 0.05) is 28.7 Å². The number of fused-ring (bicyclic) bond motifs is 1. The first-order valence-corrected chi connectivity index (χ1v) is 13.4. The van der Waals surface area contributed by atoms with E-state index in [2.05, 4.69) is 20.0 Å². The van der Waals surface area contributed by atoms with Gasteiger partial charge in [-0.05, 0) is 39.4 Å². The number of aromatic nitrogens is 4. The fraction of sp³-hybridized carbons (Fsp3) is 0.409. The number of furan rings is 1. The smallest absolute Gasteiger partial charge is 0.260 e. The maximum absolute atomic E-state index is 12.8. The van der Waals surface area contributed by atoms with Gasteiger partial charge in [0.2, 0.25) is 0 Å². The van der Waals surface area contributed by atoms with Crippen molar-refractivity contribution in [3.63, 3.8) is 0 Å². The van der Waals surface area contributed by atoms with E-state index in [1.165, 1.54) is 11.3 Å². The molecule has 11 heteroatoms. The third-order valence-electron chi connectivity index (χ3n) is 6.16. The van der Waals surface area contributed by atoms with Crippen LogP contribution in [-0.4, -0.2) is 51.6 Å². The summed E-state index contributed by atoms with van der Waals surface area (Å²) in [5, 5.41) is 7.08. The number of nitrogens with one attached hydrogen (secondary N) is 1. The molecule has 0 unspecified atom stereocenters. The summed E-state index contributed by atoms with van der Waals surface area (Å²) in [5.74, 6) is 1.61. The predicted molar refractivity (Wildman–Crippen MR) is 127 cm³/mol. The monoisotopic (exact) mass is 487 g/mol. The number of rotatable bonds is 6. The number of hydrogen-bond acceptors (Lipinski definition) is 8. The van der Waals surface area contributed by atoms with Crippen molar-refractivity contribution in [3.8, 4) is 11.3 Å². The Bertz CT molecular complexity index is 1480. The molecule has 174 valence electrons. The van der Waals surface area contributed by atoms with Crippen LogP contribution in [0.5, 0.6) is 0 Å². The van der Waals surface area contributed by atoms with Crippen molar-refractivity contribution in [1.82, 2.24) is 24.6 Å². The van der Waals surface area contributed by atoms with Gasteiger partial charge in [-0.15, -0.1) is 11.3 Å². The Kier molecular flexibility index (Phi) is 5.50. The SMILES string of the molecule is Cc1nn([C@H]2CCS(=O)(=O)C2)c(C)c1CN(C)Cc1nc2scc(-c3ccco3)c2c(=O)[nH]1. The van der Waals surface area contributed by atoms with Gasteiger partial charge >= 0.3 is 0 Å². The second-order valence-corrected chi connectivity index (χ2v) is 11.7. The molecule has 0 spiro atoms. The Hall–Kier alpha value is -2.76. The molecule has 0 bridgehead atoms. The van der Waals surface area contributed by atoms with E-state index < -0.39 is 9.84 Å². The lowest BCUT2D eigenvalue weighted by Crippen LogP contribution is -2.22. The lowest BCUT2D eigenvalue weighted by molar-refractivity contribution is 0.309. The molecule has 9 nitrogen and oxygen atoms in total. The van der Waals surface area contributed by atoms with Gasteiger partial charge in [0.05, 0.1) is 41.4 Å². The van der Waals surface area contributed by atoms with Crippen LogP contribution in [-0.2, 0) is 22.9 Å². The van der Waals surface area contributed by atoms with Gasteiger partial charge in [-0.2, -0.15) is 5.10 Å². The average Bonchev–Trinajstić information content (AvgIpc) is 3.51. The fourth-order valence-corrected chi connectivity index (χ4v) is 7.15. The topological polar surface area (TPSA) is 114 Å². The number of aromatic amines is 1. The normalized spacial score (nSPS) is 18.0. The second kappa shape index (κ2) is 8.23. The number of thiophene rings is 1. The van der Waals surface area contributed by atoms with Gasteiger partial charge in [-0.25, -0.2) is 13.4 Å². The summed E-state index contributed by atoms with van der Waals surface area (Å²) >= 11 is 1.42. The van der Waals surface area contributed by atoms with E-state index >= 15 is 0 Å². The van der Waals surface area contributed by atoms with Gasteiger partial charge in [0.1, 0.15) is 16.4 Å². The Morgan fingerprint density at radius 2 is 2.15 bits per heavy atom. The first-order chi connectivity index (χ1) is 15.7. The summed E-state index contributed by atoms with van der Waals surface area (Å²) in [6.07, 6.45) is 2.19. The predicted octanol–water partition coefficient (Wildman–Crippen LogP) is 3.05. The van der Waals surface area contributed by atoms with Crippen molar-refractivity contribution >= 4 is 31.4 Å². The zero-order valence-electron chi connectivity index (χ0n) is 18.7. The highest BCUT2D eigenvalue weighted by atomic mass is 32.2. The molecule has 0 amide bonds. The van der Waals surface area contributed by atoms with E-state index in [1.807, 2.05) is 37.0 Å². The van der Waals surface area contributed by atoms with Crippen molar-refractivity contribution in [2.75, 3.05) is 18.6 Å². The Balaban J connectivity index is 1.36. The minimum Gasteiger partial charge on any atom is -0.464 e. The zero-order chi connectivity index (χ0) is 23.3. The minimum atomic E-state index is -2.98. The maximum Gasteiger partial charge on any atom is 0.260 e. The van der Waals surface area contributed by atoms with Gasteiger partial charge in [0.25, 0.3) is 5.56 Å². The van der Waals surface area contributed by atoms with Crippen molar-refractivity contribution < 1.29 is 12.8 Å². The number of H-pyrrole nitrogens is 1. The molecule has 1 fully saturated rings. The molecule has 0 aromatic carbocycles. The van der Waals surface area contributed by atoms with Crippen molar-refractivity contribution in [2.45, 2.75) is 39.4 Å². The number of nitrogens with zero attached hydrogens (tertiary/aromatic N) is 4. The van der Waals surface area contributed by atoms with Crippen molar-refractivity contribution in [1.29, 1.82) is 0 Å². The third-order valence-corrected chi connectivity index (χ3v) is 8.78. The van der Waals surface area contributed by atoms with Crippen LogP contribution in [0.3, 0.4) is 0 Å². The van der Waals surface area contributed by atoms with E-state index in [9.17, 15) is 13.2 Å². The van der Waals surface area contributed by atoms with Crippen molar-refractivity contribution in [2.24, 2.45) is 0 Å². The van der Waals surface area contributed by atoms with Crippen LogP contribution < -0.4 is 5.56 Å². The van der Waals surface area contributed by atoms with E-state index in [0.717, 1.165) is 22.5 Å². The summed E-state index contributed by atoms with van der Waals surface area (Å²) in [6.45, 7) is 5.01. The molecule has 4 aromatic rings. The van der Waals surface area contributed by atoms with Crippen LogP contribution in [0.15, 0.2) is 33.0 Å². The summed E-state index contributed by atoms with van der Waals surface area (Å²) in [5.41, 5.74) is 3.52. The molecule has 0 radical (unpaired) electrons. The molecule has 5 rings (SSSR count). The number of sulfone groups is 1. The Morgan fingerprint density at radius 1 is 1.33 bits per heavy atom. The van der Waals surface area contributed by atoms with Crippen LogP contribution in [0, 0.1) is 13.8 Å². The molecule has 5 heterocycles. The van der Waals surface area contributed by atoms with Gasteiger partial charge in [-0.3, -0.25) is 14.4 Å². The summed E-state index contributed by atoms with van der Waals surface area (Å²) in [6, 6.07) is 3.52. The molecule has 1 N–H and O–H groups in total. The highest BCUT2D eigenvalue weighted by molar-refractivity contribution is 7.91. The standard InChI is InChI=1S/C22H25N5O4S2/c1-13-16(14(2)27(25-13)15-6-8-33(29,30)12-15)9-26(3)10-19-23-21(28)20-17(11-32-22(20)24-19)18-5-4-7-31-18/h4-5,7,11,15H,6,8-10,12H2,1-3H3,(H,23,24,28)/t15-/m0/s1. The van der Waals surface area contributed by atoms with E-state index in [-0.39, 0.29) is 23.1 Å². The summed E-state index contributed by atoms with van der Waals surface area (Å²) in [7, 11) is -1.02. The van der Waals surface area contributed by atoms with Crippen LogP contribution in [0.4, 0.5) is 0 Å². The molecule has 1 atom stereocenters. The molecule has 1 aliphatic rings. The molecular weight excluding hydrogens is 462 g/mol. The first kappa shape index (κ1) is 22.1. The first-order valence-electron chi connectivity index (χ1n) is 10.7. The molecule has 33 heavy (non-hydrogen) atoms. The maximum atomic E-state index is 12.8. The van der Waals surface area contributed by atoms with Crippen LogP contribution in [0.2, 0.25) is 0 Å². The van der Waals surface area contributed by atoms with Crippen LogP contribution in [0.25, 0.3) is 21.5 Å². The largest absolute Gasteiger partial charge is 0.464 e. The number of aryl methyl sites for hydroxylation is 1. The summed E-state index contributed by atoms with van der Waals surface area (Å²) in [4.78, 5) is 23.1. The van der Waals surface area contributed by atoms with E-state index in [4.69, 9.17) is 4.42 Å². The molecule has 0 saturated carbocycles. The molecular formula is C22H25N5O4S2. The molecule has 4 aromatic heterocycles. The second-order valence-electron chi connectivity index (χ2n) is 8.64. The van der Waals surface area contributed by atoms with Gasteiger partial charge in [0.15, 0.2) is 9.84 Å². The highest BCUT2D eigenvalue weighted by Gasteiger charge is 2.31. The number of hydrogen-bond donors (Lipinski definition) is 1. The molecule has 1 saturated heterocycles. The van der Waals surface area contributed by atoms with Gasteiger partial charge < -0.3 is 9.40 Å². The highest BCUT2D eigenvalue weighted by Crippen LogP contribution is 2.31. The lowest BCUT2D eigenvalue weighted by atomic mass is 10.1.